The fourth-order valence-corrected chi connectivity index (χ4v) is 8.11. The second-order valence-electron chi connectivity index (χ2n) is 25.4. The lowest BCUT2D eigenvalue weighted by Crippen LogP contribution is -3.10. The number of carbonyl (C=O) groups is 6. The number of unbranched alkanes of at least 4 members (excludes halogenated alkanes) is 5. The Morgan fingerprint density at radius 3 is 0.866 bits per heavy atom. The number of hydrogen-bond donors (Lipinski definition) is 0. The molecule has 4 aliphatic carbocycles. The van der Waals surface area contributed by atoms with E-state index in [4.69, 9.17) is 9.47 Å². The van der Waals surface area contributed by atoms with Crippen LogP contribution in [0, 0.1) is 34.5 Å². The summed E-state index contributed by atoms with van der Waals surface area (Å²) in [4.78, 5) is 67.3. The normalized spacial score (nSPS) is 24.0. The van der Waals surface area contributed by atoms with Gasteiger partial charge in [-0.25, -0.2) is 30.7 Å². The van der Waals surface area contributed by atoms with E-state index in [9.17, 15) is 125 Å². The van der Waals surface area contributed by atoms with Gasteiger partial charge in [0.25, 0.3) is 0 Å². The highest BCUT2D eigenvalue weighted by Gasteiger charge is 3.24. The van der Waals surface area contributed by atoms with Crippen LogP contribution in [0.3, 0.4) is 0 Å². The van der Waals surface area contributed by atoms with E-state index >= 15 is 0 Å². The molecule has 0 aliphatic heterocycles. The Balaban J connectivity index is -0.00000118. The molecule has 12 nitrogen and oxygen atoms in total. The summed E-state index contributed by atoms with van der Waals surface area (Å²) in [5.41, 5.74) is -33.2. The second-order valence-corrected chi connectivity index (χ2v) is 25.4. The predicted octanol–water partition coefficient (Wildman–Crippen LogP) is 19.4. The van der Waals surface area contributed by atoms with Crippen LogP contribution in [0.15, 0.2) is 0 Å². The maximum atomic E-state index is 14.9. The van der Waals surface area contributed by atoms with Crippen molar-refractivity contribution in [2.24, 2.45) is 34.5 Å². The monoisotopic (exact) mass is 1460 g/mol. The zero-order valence-electron chi connectivity index (χ0n) is 58.2. The van der Waals surface area contributed by atoms with Crippen LogP contribution in [0.25, 0.3) is 0 Å². The smallest absolute Gasteiger partial charge is 0.392 e. The summed E-state index contributed by atoms with van der Waals surface area (Å²) in [5.74, 6) is -57.3. The van der Waals surface area contributed by atoms with E-state index in [1.165, 1.54) is 32.1 Å². The molecule has 4 bridgehead atoms. The van der Waals surface area contributed by atoms with Crippen molar-refractivity contribution < 1.29 is 154 Å². The van der Waals surface area contributed by atoms with Crippen LogP contribution in [0.5, 0.6) is 0 Å². The molecule has 0 aromatic carbocycles. The van der Waals surface area contributed by atoms with Crippen LogP contribution in [-0.2, 0) is 57.2 Å². The number of alkyl halides is 22. The van der Waals surface area contributed by atoms with E-state index < -0.39 is 138 Å². The van der Waals surface area contributed by atoms with E-state index in [1.807, 2.05) is 55.4 Å². The van der Waals surface area contributed by atoms with Crippen molar-refractivity contribution in [3.8, 4) is 0 Å². The van der Waals surface area contributed by atoms with E-state index in [-0.39, 0.29) is 54.2 Å². The molecule has 4 rings (SSSR count). The summed E-state index contributed by atoms with van der Waals surface area (Å²) < 4.78 is 330. The van der Waals surface area contributed by atoms with Crippen molar-refractivity contribution in [3.05, 3.63) is 0 Å². The standard InChI is InChI=1S/C16H11F15O2.C14H28O2.2C9H16F2O2.C8H13F3O2.C7H14O2/c1-4-6(2,3)5(32)33-10-14(26,27)7(17)11(20,21)8(18,15(10,28)29)13(24,25)9(19,12(7,22)23)16(10,30)31;1-5-7-8-9-10-11-12-16-13(15)14(3,4)6-2;2*1-4-7(2)8(12)13-6-5-9(3,10)11;1-3-6(2)7(12)13-5-4-8(9,10)11;1-4-6(3)7(8)9-5-2/h4H2,1-3H3;5-12H2,1-4H3;2*7H,4-6H2,1-3H3;6H,3-5H2,1-2H3;6H,4-5H2,1-3H3. The van der Waals surface area contributed by atoms with Crippen LogP contribution in [-0.4, -0.2) is 145 Å². The lowest BCUT2D eigenvalue weighted by Gasteiger charge is -2.74. The van der Waals surface area contributed by atoms with Crippen LogP contribution in [0.4, 0.5) is 96.6 Å². The van der Waals surface area contributed by atoms with Gasteiger partial charge in [-0.2, -0.15) is 65.9 Å². The molecule has 4 fully saturated rings. The summed E-state index contributed by atoms with van der Waals surface area (Å²) >= 11 is 0. The van der Waals surface area contributed by atoms with Gasteiger partial charge in [0.05, 0.1) is 74.0 Å². The van der Waals surface area contributed by atoms with Crippen molar-refractivity contribution in [1.29, 1.82) is 0 Å². The van der Waals surface area contributed by atoms with E-state index in [0.717, 1.165) is 40.0 Å². The molecule has 0 radical (unpaired) electrons. The van der Waals surface area contributed by atoms with Gasteiger partial charge >= 0.3 is 100 Å². The fourth-order valence-electron chi connectivity index (χ4n) is 8.11. The summed E-state index contributed by atoms with van der Waals surface area (Å²) in [6, 6.07) is 0. The zero-order valence-corrected chi connectivity index (χ0v) is 58.2. The summed E-state index contributed by atoms with van der Waals surface area (Å²) in [6.45, 7) is 28.2. The molecule has 4 atom stereocenters. The molecule has 0 heterocycles. The number of rotatable bonds is 29. The third kappa shape index (κ3) is 21.7. The molecule has 0 saturated heterocycles. The molecule has 34 heteroatoms. The molecule has 4 aliphatic rings. The quantitative estimate of drug-likeness (QED) is 0.0303. The van der Waals surface area contributed by atoms with Gasteiger partial charge in [-0.3, -0.25) is 28.8 Å². The maximum absolute atomic E-state index is 14.9. The lowest BCUT2D eigenvalue weighted by atomic mass is 9.40. The van der Waals surface area contributed by atoms with Crippen molar-refractivity contribution >= 4 is 35.8 Å². The number of hydrogen-bond acceptors (Lipinski definition) is 12. The molecule has 97 heavy (non-hydrogen) atoms. The highest BCUT2D eigenvalue weighted by atomic mass is 19.4. The molecule has 4 unspecified atom stereocenters. The molecule has 0 aromatic heterocycles. The Labute approximate surface area is 553 Å². The molecule has 0 spiro atoms. The number of carbonyl (C=O) groups excluding carboxylic acids is 6. The van der Waals surface area contributed by atoms with E-state index in [1.54, 1.807) is 27.7 Å². The zero-order chi connectivity index (χ0) is 77.7. The topological polar surface area (TPSA) is 158 Å². The van der Waals surface area contributed by atoms with Crippen molar-refractivity contribution in [2.75, 3.05) is 33.0 Å². The Bertz CT molecular complexity index is 2240. The predicted molar refractivity (Wildman–Crippen MR) is 311 cm³/mol. The van der Waals surface area contributed by atoms with Gasteiger partial charge in [0.1, 0.15) is 0 Å². The third-order valence-corrected chi connectivity index (χ3v) is 16.6. The van der Waals surface area contributed by atoms with Gasteiger partial charge in [-0.1, -0.05) is 108 Å². The Hall–Kier alpha value is -4.72. The minimum Gasteiger partial charge on any atom is -0.466 e. The Morgan fingerprint density at radius 2 is 0.608 bits per heavy atom. The first kappa shape index (κ1) is 96.5. The first-order valence-electron chi connectivity index (χ1n) is 31.8. The number of ether oxygens (including phenoxy) is 6. The third-order valence-electron chi connectivity index (χ3n) is 16.6. The van der Waals surface area contributed by atoms with Crippen molar-refractivity contribution in [1.82, 2.24) is 0 Å². The van der Waals surface area contributed by atoms with Crippen LogP contribution in [0.2, 0.25) is 0 Å². The maximum Gasteiger partial charge on any atom is 0.392 e. The lowest BCUT2D eigenvalue weighted by molar-refractivity contribution is -0.615. The molecular weight excluding hydrogens is 1370 g/mol. The highest BCUT2D eigenvalue weighted by Crippen LogP contribution is 2.89. The van der Waals surface area contributed by atoms with Gasteiger partial charge < -0.3 is 28.4 Å². The number of halogens is 22. The number of esters is 6. The Kier molecular flexibility index (Phi) is 37.1. The minimum absolute atomic E-state index is 0.0523. The molecule has 576 valence electrons. The van der Waals surface area contributed by atoms with Gasteiger partial charge in [-0.15, -0.1) is 0 Å². The molecule has 0 aromatic rings. The van der Waals surface area contributed by atoms with Crippen molar-refractivity contribution in [3.63, 3.8) is 0 Å². The van der Waals surface area contributed by atoms with E-state index in [0.29, 0.717) is 46.3 Å². The van der Waals surface area contributed by atoms with Crippen LogP contribution >= 0.6 is 0 Å². The molecule has 0 N–H and O–H groups in total. The largest absolute Gasteiger partial charge is 0.466 e. The SMILES string of the molecule is CCC(C)(C)C(=O)OC12C(F)(F)C3(F)C(F)(F)C(F)(C(F)(F)C(F)(C3(F)F)C1(F)F)C2(F)F.CCC(C)C(=O)OCCC(C)(F)F.CCC(C)C(=O)OCCC(C)(F)F.CCC(C)C(=O)OCCC(F)(F)F.CCCCCCCCOC(=O)C(C)(C)CC.CCOC(=O)C(C)CC. The summed E-state index contributed by atoms with van der Waals surface area (Å²) in [6.07, 6.45) is 4.14. The van der Waals surface area contributed by atoms with Crippen LogP contribution < -0.4 is 0 Å². The molecular formula is C63H98F22O12. The summed E-state index contributed by atoms with van der Waals surface area (Å²) in [7, 11) is 0. The van der Waals surface area contributed by atoms with Gasteiger partial charge in [0.2, 0.25) is 11.8 Å². The van der Waals surface area contributed by atoms with Crippen LogP contribution in [0.1, 0.15) is 221 Å². The minimum atomic E-state index is -7.90. The average Bonchev–Trinajstić information content (AvgIpc) is 0.590. The second kappa shape index (κ2) is 37.3. The Morgan fingerprint density at radius 1 is 0.340 bits per heavy atom. The van der Waals surface area contributed by atoms with Crippen molar-refractivity contribution in [2.45, 2.75) is 297 Å². The highest BCUT2D eigenvalue weighted by molar-refractivity contribution is 5.78. The van der Waals surface area contributed by atoms with Gasteiger partial charge in [0.15, 0.2) is 0 Å². The fraction of sp³-hybridized carbons (Fsp3) is 0.905. The van der Waals surface area contributed by atoms with E-state index in [2.05, 4.69) is 25.9 Å². The molecule has 4 saturated carbocycles. The average molecular weight is 1470 g/mol. The first-order valence-corrected chi connectivity index (χ1v) is 31.8. The van der Waals surface area contributed by atoms with Gasteiger partial charge in [0, 0.05) is 12.8 Å². The molecule has 0 amide bonds. The summed E-state index contributed by atoms with van der Waals surface area (Å²) in [5, 5.41) is 0. The first-order chi connectivity index (χ1) is 43.5. The van der Waals surface area contributed by atoms with Gasteiger partial charge in [-0.05, 0) is 93.4 Å².